The Labute approximate surface area is 211 Å². The molecule has 186 valence electrons. The van der Waals surface area contributed by atoms with Crippen molar-refractivity contribution < 1.29 is 14.3 Å². The van der Waals surface area contributed by atoms with Gasteiger partial charge in [-0.15, -0.1) is 11.8 Å². The highest BCUT2D eigenvalue weighted by atomic mass is 32.2. The highest BCUT2D eigenvalue weighted by Gasteiger charge is 2.34. The van der Waals surface area contributed by atoms with Crippen molar-refractivity contribution in [1.82, 2.24) is 15.5 Å². The van der Waals surface area contributed by atoms with Crippen LogP contribution in [0.15, 0.2) is 58.6 Å². The van der Waals surface area contributed by atoms with Crippen LogP contribution in [0.4, 0.5) is 10.5 Å². The average Bonchev–Trinajstić information content (AvgIpc) is 2.84. The van der Waals surface area contributed by atoms with E-state index < -0.39 is 12.0 Å². The molecule has 1 atom stereocenters. The first-order valence-corrected chi connectivity index (χ1v) is 13.3. The summed E-state index contributed by atoms with van der Waals surface area (Å²) in [6, 6.07) is 13.6. The topological polar surface area (TPSA) is 73.9 Å². The van der Waals surface area contributed by atoms with E-state index in [2.05, 4.69) is 52.5 Å². The number of nitrogens with one attached hydrogen (secondary N) is 2. The summed E-state index contributed by atoms with van der Waals surface area (Å²) in [5.41, 5.74) is 5.77. The SMILES string of the molecule is CCOC(=O)C1=C(CN2CCN(c3ccc(C)cc3C)CC2)NC(=O)NC1c1ccc(SC)cc1. The number of carbonyl (C=O) groups excluding carboxylic acids is 2. The van der Waals surface area contributed by atoms with Crippen molar-refractivity contribution in [2.24, 2.45) is 0 Å². The summed E-state index contributed by atoms with van der Waals surface area (Å²) in [5, 5.41) is 5.83. The number of aryl methyl sites for hydroxylation is 2. The molecule has 0 radical (unpaired) electrons. The molecular formula is C27H34N4O3S. The number of hydrogen-bond acceptors (Lipinski definition) is 6. The van der Waals surface area contributed by atoms with Gasteiger partial charge in [-0.1, -0.05) is 29.8 Å². The number of anilines is 1. The third-order valence-electron chi connectivity index (χ3n) is 6.55. The largest absolute Gasteiger partial charge is 0.463 e. The quantitative estimate of drug-likeness (QED) is 0.448. The van der Waals surface area contributed by atoms with Gasteiger partial charge in [0.15, 0.2) is 0 Å². The maximum atomic E-state index is 13.1. The lowest BCUT2D eigenvalue weighted by Gasteiger charge is -2.38. The number of carbonyl (C=O) groups is 2. The van der Waals surface area contributed by atoms with Crippen molar-refractivity contribution in [1.29, 1.82) is 0 Å². The number of piperazine rings is 1. The third kappa shape index (κ3) is 5.82. The summed E-state index contributed by atoms with van der Waals surface area (Å²) < 4.78 is 5.41. The van der Waals surface area contributed by atoms with Gasteiger partial charge in [0, 0.05) is 49.0 Å². The number of amides is 2. The maximum absolute atomic E-state index is 13.1. The maximum Gasteiger partial charge on any atom is 0.338 e. The molecule has 1 fully saturated rings. The highest BCUT2D eigenvalue weighted by molar-refractivity contribution is 7.98. The van der Waals surface area contributed by atoms with E-state index in [1.807, 2.05) is 30.5 Å². The van der Waals surface area contributed by atoms with Crippen LogP contribution in [0.25, 0.3) is 0 Å². The van der Waals surface area contributed by atoms with E-state index in [0.717, 1.165) is 36.6 Å². The van der Waals surface area contributed by atoms with Crippen molar-refractivity contribution in [3.8, 4) is 0 Å². The summed E-state index contributed by atoms with van der Waals surface area (Å²) in [4.78, 5) is 31.5. The fourth-order valence-corrected chi connectivity index (χ4v) is 5.18. The lowest BCUT2D eigenvalue weighted by atomic mass is 9.95. The summed E-state index contributed by atoms with van der Waals surface area (Å²) >= 11 is 1.65. The summed E-state index contributed by atoms with van der Waals surface area (Å²) in [6.07, 6.45) is 2.02. The zero-order valence-electron chi connectivity index (χ0n) is 20.9. The van der Waals surface area contributed by atoms with Gasteiger partial charge in [-0.2, -0.15) is 0 Å². The normalized spacial score (nSPS) is 18.8. The molecule has 1 unspecified atom stereocenters. The molecular weight excluding hydrogens is 460 g/mol. The predicted molar refractivity (Wildman–Crippen MR) is 141 cm³/mol. The number of hydrogen-bond donors (Lipinski definition) is 2. The Balaban J connectivity index is 1.55. The Morgan fingerprint density at radius 2 is 1.80 bits per heavy atom. The minimum atomic E-state index is -0.551. The second-order valence-electron chi connectivity index (χ2n) is 8.97. The molecule has 35 heavy (non-hydrogen) atoms. The summed E-state index contributed by atoms with van der Waals surface area (Å²) in [5.74, 6) is -0.400. The third-order valence-corrected chi connectivity index (χ3v) is 7.29. The van der Waals surface area contributed by atoms with Gasteiger partial charge in [0.1, 0.15) is 0 Å². The van der Waals surface area contributed by atoms with Crippen molar-refractivity contribution in [3.63, 3.8) is 0 Å². The molecule has 0 bridgehead atoms. The Bertz CT molecular complexity index is 1110. The number of thioether (sulfide) groups is 1. The van der Waals surface area contributed by atoms with Crippen molar-refractivity contribution in [2.75, 3.05) is 50.5 Å². The van der Waals surface area contributed by atoms with Crippen LogP contribution in [0.3, 0.4) is 0 Å². The first kappa shape index (κ1) is 25.1. The van der Waals surface area contributed by atoms with Crippen molar-refractivity contribution in [3.05, 3.63) is 70.4 Å². The molecule has 2 aromatic carbocycles. The van der Waals surface area contributed by atoms with Gasteiger partial charge in [-0.25, -0.2) is 9.59 Å². The molecule has 2 heterocycles. The zero-order valence-corrected chi connectivity index (χ0v) is 21.7. The lowest BCUT2D eigenvalue weighted by Crippen LogP contribution is -2.52. The van der Waals surface area contributed by atoms with E-state index in [1.54, 1.807) is 18.7 Å². The first-order chi connectivity index (χ1) is 16.9. The number of nitrogens with zero attached hydrogens (tertiary/aromatic N) is 2. The van der Waals surface area contributed by atoms with Gasteiger partial charge in [-0.3, -0.25) is 4.90 Å². The molecule has 2 aliphatic heterocycles. The predicted octanol–water partition coefficient (Wildman–Crippen LogP) is 4.02. The van der Waals surface area contributed by atoms with Crippen molar-refractivity contribution in [2.45, 2.75) is 31.7 Å². The molecule has 0 saturated carbocycles. The fraction of sp³-hybridized carbons (Fsp3) is 0.407. The molecule has 2 N–H and O–H groups in total. The van der Waals surface area contributed by atoms with Gasteiger partial charge in [-0.05, 0) is 56.4 Å². The van der Waals surface area contributed by atoms with E-state index in [-0.39, 0.29) is 12.6 Å². The molecule has 2 amide bonds. The van der Waals surface area contributed by atoms with E-state index in [1.165, 1.54) is 16.8 Å². The number of benzene rings is 2. The minimum Gasteiger partial charge on any atom is -0.463 e. The summed E-state index contributed by atoms with van der Waals surface area (Å²) in [6.45, 7) is 10.3. The molecule has 2 aliphatic rings. The molecule has 2 aromatic rings. The van der Waals surface area contributed by atoms with Gasteiger partial charge in [0.2, 0.25) is 0 Å². The van der Waals surface area contributed by atoms with Crippen molar-refractivity contribution >= 4 is 29.4 Å². The number of urea groups is 1. The number of ether oxygens (including phenoxy) is 1. The monoisotopic (exact) mass is 494 g/mol. The van der Waals surface area contributed by atoms with E-state index in [4.69, 9.17) is 4.74 Å². The minimum absolute atomic E-state index is 0.274. The van der Waals surface area contributed by atoms with Crippen LogP contribution in [0, 0.1) is 13.8 Å². The Morgan fingerprint density at radius 3 is 2.43 bits per heavy atom. The van der Waals surface area contributed by atoms with Crippen LogP contribution in [0.1, 0.15) is 29.7 Å². The Hall–Kier alpha value is -2.97. The zero-order chi connectivity index (χ0) is 24.9. The van der Waals surface area contributed by atoms with Crippen LogP contribution in [0.2, 0.25) is 0 Å². The smallest absolute Gasteiger partial charge is 0.338 e. The van der Waals surface area contributed by atoms with Crippen LogP contribution >= 0.6 is 11.8 Å². The van der Waals surface area contributed by atoms with E-state index >= 15 is 0 Å². The molecule has 0 aliphatic carbocycles. The van der Waals surface area contributed by atoms with Crippen LogP contribution in [0.5, 0.6) is 0 Å². The summed E-state index contributed by atoms with van der Waals surface area (Å²) in [7, 11) is 0. The van der Waals surface area contributed by atoms with Gasteiger partial charge < -0.3 is 20.3 Å². The number of esters is 1. The molecule has 1 saturated heterocycles. The van der Waals surface area contributed by atoms with Crippen LogP contribution in [-0.2, 0) is 9.53 Å². The van der Waals surface area contributed by atoms with Gasteiger partial charge in [0.05, 0.1) is 18.2 Å². The Kier molecular flexibility index (Phi) is 8.03. The van der Waals surface area contributed by atoms with Gasteiger partial charge in [0.25, 0.3) is 0 Å². The molecule has 7 nitrogen and oxygen atoms in total. The molecule has 8 heteroatoms. The fourth-order valence-electron chi connectivity index (χ4n) is 4.77. The van der Waals surface area contributed by atoms with E-state index in [9.17, 15) is 9.59 Å². The lowest BCUT2D eigenvalue weighted by molar-refractivity contribution is -0.139. The Morgan fingerprint density at radius 1 is 1.09 bits per heavy atom. The average molecular weight is 495 g/mol. The standard InChI is InChI=1S/C27H34N4O3S/c1-5-34-26(32)24-22(28-27(33)29-25(24)20-7-9-21(35-4)10-8-20)17-30-12-14-31(15-13-30)23-11-6-18(2)16-19(23)3/h6-11,16,25H,5,12-15,17H2,1-4H3,(H2,28,29,33). The van der Waals surface area contributed by atoms with Crippen LogP contribution in [-0.4, -0.2) is 62.5 Å². The van der Waals surface area contributed by atoms with Crippen LogP contribution < -0.4 is 15.5 Å². The molecule has 0 aromatic heterocycles. The van der Waals surface area contributed by atoms with E-state index in [0.29, 0.717) is 17.8 Å². The second-order valence-corrected chi connectivity index (χ2v) is 9.85. The second kappa shape index (κ2) is 11.2. The number of rotatable bonds is 7. The first-order valence-electron chi connectivity index (χ1n) is 12.1. The highest BCUT2D eigenvalue weighted by Crippen LogP contribution is 2.30. The molecule has 0 spiro atoms. The van der Waals surface area contributed by atoms with Gasteiger partial charge >= 0.3 is 12.0 Å². The molecule has 4 rings (SSSR count).